The summed E-state index contributed by atoms with van der Waals surface area (Å²) in [6.45, 7) is 3.06. The van der Waals surface area contributed by atoms with Crippen molar-refractivity contribution in [3.63, 3.8) is 0 Å². The number of aromatic nitrogens is 4. The third kappa shape index (κ3) is 1.86. The number of imidazole rings is 1. The Labute approximate surface area is 103 Å². The lowest BCUT2D eigenvalue weighted by atomic mass is 10.4. The highest BCUT2D eigenvalue weighted by Gasteiger charge is 2.15. The van der Waals surface area contributed by atoms with E-state index in [0.29, 0.717) is 24.3 Å². The SMILES string of the molecule is CCCn1c(=O)[nH]c(=O)c2c1nc(CNC)n2C. The smallest absolute Gasteiger partial charge is 0.324 e. The Morgan fingerprint density at radius 2 is 2.11 bits per heavy atom. The molecule has 18 heavy (non-hydrogen) atoms. The van der Waals surface area contributed by atoms with Crippen LogP contribution in [0.4, 0.5) is 0 Å². The van der Waals surface area contributed by atoms with Crippen molar-refractivity contribution in [1.82, 2.24) is 24.4 Å². The molecule has 2 aromatic heterocycles. The molecule has 0 radical (unpaired) electrons. The predicted octanol–water partition coefficient (Wildman–Crippen LogP) is -0.447. The van der Waals surface area contributed by atoms with Gasteiger partial charge in [-0.2, -0.15) is 0 Å². The van der Waals surface area contributed by atoms with Crippen molar-refractivity contribution in [2.75, 3.05) is 7.05 Å². The van der Waals surface area contributed by atoms with Gasteiger partial charge in [-0.3, -0.25) is 14.3 Å². The van der Waals surface area contributed by atoms with E-state index in [1.165, 1.54) is 4.57 Å². The van der Waals surface area contributed by atoms with Gasteiger partial charge in [-0.1, -0.05) is 6.92 Å². The van der Waals surface area contributed by atoms with Gasteiger partial charge in [0.1, 0.15) is 5.82 Å². The van der Waals surface area contributed by atoms with Crippen LogP contribution in [0.3, 0.4) is 0 Å². The number of fused-ring (bicyclic) bond motifs is 1. The molecule has 0 aliphatic heterocycles. The van der Waals surface area contributed by atoms with E-state index in [-0.39, 0.29) is 5.56 Å². The first-order valence-electron chi connectivity index (χ1n) is 5.93. The first-order chi connectivity index (χ1) is 8.60. The second-order valence-electron chi connectivity index (χ2n) is 4.20. The molecule has 0 saturated carbocycles. The van der Waals surface area contributed by atoms with Crippen molar-refractivity contribution in [1.29, 1.82) is 0 Å². The number of aromatic amines is 1. The first-order valence-corrected chi connectivity index (χ1v) is 5.93. The summed E-state index contributed by atoms with van der Waals surface area (Å²) in [7, 11) is 3.58. The Morgan fingerprint density at radius 3 is 2.72 bits per heavy atom. The molecule has 7 nitrogen and oxygen atoms in total. The molecule has 2 N–H and O–H groups in total. The van der Waals surface area contributed by atoms with Crippen molar-refractivity contribution < 1.29 is 0 Å². The lowest BCUT2D eigenvalue weighted by molar-refractivity contribution is 0.651. The zero-order valence-electron chi connectivity index (χ0n) is 10.8. The molecule has 0 saturated heterocycles. The van der Waals surface area contributed by atoms with Gasteiger partial charge in [0, 0.05) is 13.6 Å². The molecule has 0 fully saturated rings. The number of nitrogens with one attached hydrogen (secondary N) is 2. The number of aryl methyl sites for hydroxylation is 2. The fourth-order valence-electron chi connectivity index (χ4n) is 2.04. The standard InChI is InChI=1S/C11H17N5O2/c1-4-5-16-9-8(10(17)14-11(16)18)15(3)7(13-9)6-12-2/h12H,4-6H2,1-3H3,(H,14,17,18). The fourth-order valence-corrected chi connectivity index (χ4v) is 2.04. The van der Waals surface area contributed by atoms with Crippen LogP contribution in [0.25, 0.3) is 11.2 Å². The van der Waals surface area contributed by atoms with Crippen LogP contribution in [-0.2, 0) is 20.1 Å². The summed E-state index contributed by atoms with van der Waals surface area (Å²) in [5.41, 5.74) is 0.106. The largest absolute Gasteiger partial charge is 0.330 e. The summed E-state index contributed by atoms with van der Waals surface area (Å²) in [6, 6.07) is 0. The van der Waals surface area contributed by atoms with Crippen molar-refractivity contribution >= 4 is 11.2 Å². The first kappa shape index (κ1) is 12.6. The van der Waals surface area contributed by atoms with Gasteiger partial charge < -0.3 is 9.88 Å². The van der Waals surface area contributed by atoms with Gasteiger partial charge in [-0.05, 0) is 13.5 Å². The molecule has 0 spiro atoms. The van der Waals surface area contributed by atoms with E-state index >= 15 is 0 Å². The topological polar surface area (TPSA) is 84.7 Å². The lowest BCUT2D eigenvalue weighted by Gasteiger charge is -2.03. The van der Waals surface area contributed by atoms with Gasteiger partial charge in [0.25, 0.3) is 5.56 Å². The van der Waals surface area contributed by atoms with Crippen LogP contribution in [0, 0.1) is 0 Å². The molecule has 0 aliphatic rings. The molecule has 2 aromatic rings. The average molecular weight is 251 g/mol. The summed E-state index contributed by atoms with van der Waals surface area (Å²) >= 11 is 0. The maximum Gasteiger partial charge on any atom is 0.330 e. The molecule has 0 atom stereocenters. The summed E-state index contributed by atoms with van der Waals surface area (Å²) in [4.78, 5) is 30.3. The van der Waals surface area contributed by atoms with Gasteiger partial charge in [0.05, 0.1) is 6.54 Å². The Morgan fingerprint density at radius 1 is 1.39 bits per heavy atom. The van der Waals surface area contributed by atoms with Crippen molar-refractivity contribution in [2.24, 2.45) is 7.05 Å². The number of nitrogens with zero attached hydrogens (tertiary/aromatic N) is 3. The Hall–Kier alpha value is -1.89. The number of hydrogen-bond donors (Lipinski definition) is 2. The number of rotatable bonds is 4. The lowest BCUT2D eigenvalue weighted by Crippen LogP contribution is -2.30. The zero-order chi connectivity index (χ0) is 13.3. The maximum absolute atomic E-state index is 11.8. The summed E-state index contributed by atoms with van der Waals surface area (Å²) in [5, 5.41) is 2.99. The minimum atomic E-state index is -0.400. The third-order valence-corrected chi connectivity index (χ3v) is 2.89. The Bertz CT molecular complexity index is 679. The van der Waals surface area contributed by atoms with Crippen molar-refractivity contribution in [3.8, 4) is 0 Å². The molecule has 0 unspecified atom stereocenters. The van der Waals surface area contributed by atoms with Gasteiger partial charge in [-0.15, -0.1) is 0 Å². The van der Waals surface area contributed by atoms with Crippen LogP contribution in [0.1, 0.15) is 19.2 Å². The van der Waals surface area contributed by atoms with Crippen LogP contribution < -0.4 is 16.6 Å². The van der Waals surface area contributed by atoms with Crippen LogP contribution >= 0.6 is 0 Å². The highest BCUT2D eigenvalue weighted by Crippen LogP contribution is 2.09. The number of H-pyrrole nitrogens is 1. The van der Waals surface area contributed by atoms with E-state index < -0.39 is 5.69 Å². The minimum absolute atomic E-state index is 0.389. The quantitative estimate of drug-likeness (QED) is 0.771. The molecule has 0 bridgehead atoms. The molecule has 0 aliphatic carbocycles. The van der Waals surface area contributed by atoms with Crippen LogP contribution in [0.15, 0.2) is 9.59 Å². The Balaban J connectivity index is 2.82. The number of hydrogen-bond acceptors (Lipinski definition) is 4. The minimum Gasteiger partial charge on any atom is -0.324 e. The third-order valence-electron chi connectivity index (χ3n) is 2.89. The van der Waals surface area contributed by atoms with E-state index in [2.05, 4.69) is 15.3 Å². The highest BCUT2D eigenvalue weighted by molar-refractivity contribution is 5.70. The van der Waals surface area contributed by atoms with Crippen molar-refractivity contribution in [2.45, 2.75) is 26.4 Å². The van der Waals surface area contributed by atoms with Gasteiger partial charge in [0.2, 0.25) is 0 Å². The molecular weight excluding hydrogens is 234 g/mol. The normalized spacial score (nSPS) is 11.3. The van der Waals surface area contributed by atoms with E-state index in [9.17, 15) is 9.59 Å². The maximum atomic E-state index is 11.8. The second-order valence-corrected chi connectivity index (χ2v) is 4.20. The summed E-state index contributed by atoms with van der Waals surface area (Å²) in [5.74, 6) is 0.730. The molecular formula is C11H17N5O2. The van der Waals surface area contributed by atoms with Crippen LogP contribution in [-0.4, -0.2) is 26.1 Å². The summed E-state index contributed by atoms with van der Waals surface area (Å²) < 4.78 is 3.23. The summed E-state index contributed by atoms with van der Waals surface area (Å²) in [6.07, 6.45) is 0.805. The highest BCUT2D eigenvalue weighted by atomic mass is 16.2. The molecule has 0 amide bonds. The molecule has 7 heteroatoms. The van der Waals surface area contributed by atoms with E-state index in [4.69, 9.17) is 0 Å². The van der Waals surface area contributed by atoms with Gasteiger partial charge >= 0.3 is 5.69 Å². The fraction of sp³-hybridized carbons (Fsp3) is 0.545. The van der Waals surface area contributed by atoms with E-state index in [1.807, 2.05) is 14.0 Å². The molecule has 0 aromatic carbocycles. The van der Waals surface area contributed by atoms with Crippen LogP contribution in [0.5, 0.6) is 0 Å². The molecule has 2 rings (SSSR count). The monoisotopic (exact) mass is 251 g/mol. The van der Waals surface area contributed by atoms with Gasteiger partial charge in [0.15, 0.2) is 11.2 Å². The Kier molecular flexibility index (Phi) is 3.33. The van der Waals surface area contributed by atoms with E-state index in [0.717, 1.165) is 12.2 Å². The zero-order valence-corrected chi connectivity index (χ0v) is 10.8. The predicted molar refractivity (Wildman–Crippen MR) is 68.6 cm³/mol. The average Bonchev–Trinajstić information content (AvgIpc) is 2.63. The van der Waals surface area contributed by atoms with Crippen LogP contribution in [0.2, 0.25) is 0 Å². The second kappa shape index (κ2) is 4.77. The van der Waals surface area contributed by atoms with E-state index in [1.54, 1.807) is 11.6 Å². The molecule has 2 heterocycles. The van der Waals surface area contributed by atoms with Gasteiger partial charge in [-0.25, -0.2) is 9.78 Å². The van der Waals surface area contributed by atoms with Crippen molar-refractivity contribution in [3.05, 3.63) is 26.7 Å². The molecule has 98 valence electrons.